The molecule has 4 rings (SSSR count). The molecule has 2 aliphatic heterocycles. The van der Waals surface area contributed by atoms with E-state index >= 15 is 0 Å². The average Bonchev–Trinajstić information content (AvgIpc) is 2.87. The molecule has 0 spiro atoms. The molecule has 0 unspecified atom stereocenters. The fraction of sp³-hybridized carbons (Fsp3) is 0.480. The summed E-state index contributed by atoms with van der Waals surface area (Å²) in [5, 5.41) is 6.49. The van der Waals surface area contributed by atoms with Gasteiger partial charge in [0, 0.05) is 38.3 Å². The molecule has 0 saturated carbocycles. The molecular weight excluding hydrogens is 514 g/mol. The predicted molar refractivity (Wildman–Crippen MR) is 151 cm³/mol. The summed E-state index contributed by atoms with van der Waals surface area (Å²) in [5.41, 5.74) is 2.13. The molecule has 10 nitrogen and oxygen atoms in total. The Morgan fingerprint density at radius 1 is 1.27 bits per heavy atom. The molecule has 1 aromatic heterocycles. The molecule has 12 heteroatoms. The summed E-state index contributed by atoms with van der Waals surface area (Å²) >= 11 is 7.98. The molecule has 0 atom stereocenters. The predicted octanol–water partition coefficient (Wildman–Crippen LogP) is 3.88. The zero-order valence-electron chi connectivity index (χ0n) is 21.7. The zero-order valence-corrected chi connectivity index (χ0v) is 23.2. The number of nitrogens with one attached hydrogen (secondary N) is 2. The molecule has 0 aliphatic carbocycles. The molecule has 0 radical (unpaired) electrons. The number of rotatable bonds is 10. The number of anilines is 4. The van der Waals surface area contributed by atoms with Gasteiger partial charge in [-0.1, -0.05) is 30.1 Å². The molecule has 1 aromatic carbocycles. The quantitative estimate of drug-likeness (QED) is 0.337. The van der Waals surface area contributed by atoms with Gasteiger partial charge in [-0.15, -0.1) is 0 Å². The van der Waals surface area contributed by atoms with Gasteiger partial charge in [-0.2, -0.15) is 4.98 Å². The Labute approximate surface area is 227 Å². The maximum Gasteiger partial charge on any atom is 0.247 e. The number of amides is 1. The minimum atomic E-state index is -0.293. The molecule has 2 saturated heterocycles. The molecule has 2 N–H and O–H groups in total. The first-order chi connectivity index (χ1) is 17.8. The van der Waals surface area contributed by atoms with Gasteiger partial charge in [0.25, 0.3) is 0 Å². The summed E-state index contributed by atoms with van der Waals surface area (Å²) in [4.78, 5) is 25.6. The van der Waals surface area contributed by atoms with Crippen LogP contribution in [0.3, 0.4) is 0 Å². The summed E-state index contributed by atoms with van der Waals surface area (Å²) < 4.78 is 13.9. The maximum absolute atomic E-state index is 12.3. The Morgan fingerprint density at radius 3 is 2.62 bits per heavy atom. The summed E-state index contributed by atoms with van der Waals surface area (Å²) in [5.74, 6) is 0.930. The van der Waals surface area contributed by atoms with Gasteiger partial charge in [-0.25, -0.2) is 9.29 Å². The normalized spacial score (nSPS) is 16.9. The van der Waals surface area contributed by atoms with Crippen molar-refractivity contribution in [2.75, 3.05) is 69.2 Å². The third-order valence-corrected chi connectivity index (χ3v) is 7.68. The number of carbonyl (C=O) groups excluding carboxylic acids is 1. The largest absolute Gasteiger partial charge is 0.494 e. The first kappa shape index (κ1) is 27.3. The maximum atomic E-state index is 12.3. The average molecular weight is 548 g/mol. The van der Waals surface area contributed by atoms with E-state index in [0.717, 1.165) is 44.7 Å². The van der Waals surface area contributed by atoms with E-state index < -0.39 is 0 Å². The third kappa shape index (κ3) is 6.59. The Balaban J connectivity index is 1.58. The number of nitrogens with zero attached hydrogens (tertiary/aromatic N) is 5. The minimum absolute atomic E-state index is 0.0267. The monoisotopic (exact) mass is 547 g/mol. The molecule has 200 valence electrons. The van der Waals surface area contributed by atoms with E-state index in [4.69, 9.17) is 21.1 Å². The number of carbonyl (C=O) groups is 1. The molecular formula is C25H34ClN7O3S. The number of piperidine rings is 1. The van der Waals surface area contributed by atoms with Gasteiger partial charge in [0.2, 0.25) is 17.7 Å². The minimum Gasteiger partial charge on any atom is -0.494 e. The van der Waals surface area contributed by atoms with Crippen LogP contribution in [0.25, 0.3) is 0 Å². The van der Waals surface area contributed by atoms with Crippen molar-refractivity contribution in [2.45, 2.75) is 25.0 Å². The van der Waals surface area contributed by atoms with Crippen LogP contribution in [0.4, 0.5) is 23.0 Å². The van der Waals surface area contributed by atoms with E-state index in [-0.39, 0.29) is 12.0 Å². The van der Waals surface area contributed by atoms with E-state index in [0.29, 0.717) is 40.0 Å². The standard InChI is InChI=1S/C25H34ClN7O3S/c1-6-23(34)28-19-11-20(22(35-4)12-21(19)32-9-7-16(8-10-32)31(2)3)29-25-27-13-18(26)24(30-25)36-17-14-33(15-17)37-5/h6,11-13,16-17H,1,7-10,14-15H2,2-5H3,(H,28,34)(H,27,29,30). The van der Waals surface area contributed by atoms with Gasteiger partial charge < -0.3 is 29.9 Å². The van der Waals surface area contributed by atoms with E-state index in [1.165, 1.54) is 12.3 Å². The Morgan fingerprint density at radius 2 is 2.00 bits per heavy atom. The van der Waals surface area contributed by atoms with E-state index in [2.05, 4.69) is 55.4 Å². The lowest BCUT2D eigenvalue weighted by molar-refractivity contribution is -0.111. The van der Waals surface area contributed by atoms with E-state index in [1.807, 2.05) is 18.4 Å². The molecule has 2 aromatic rings. The second kappa shape index (κ2) is 12.2. The van der Waals surface area contributed by atoms with Crippen LogP contribution < -0.4 is 25.0 Å². The van der Waals surface area contributed by atoms with Gasteiger partial charge in [0.15, 0.2) is 0 Å². The van der Waals surface area contributed by atoms with Crippen LogP contribution in [0.15, 0.2) is 31.0 Å². The zero-order chi connectivity index (χ0) is 26.5. The van der Waals surface area contributed by atoms with Gasteiger partial charge in [0.05, 0.1) is 30.4 Å². The Kier molecular flexibility index (Phi) is 9.01. The van der Waals surface area contributed by atoms with Crippen molar-refractivity contribution in [1.82, 2.24) is 19.2 Å². The Bertz CT molecular complexity index is 1120. The van der Waals surface area contributed by atoms with Crippen LogP contribution in [0.2, 0.25) is 5.02 Å². The lowest BCUT2D eigenvalue weighted by Crippen LogP contribution is -2.49. The highest BCUT2D eigenvalue weighted by Crippen LogP contribution is 2.39. The van der Waals surface area contributed by atoms with Crippen LogP contribution in [0, 0.1) is 0 Å². The van der Waals surface area contributed by atoms with Crippen molar-refractivity contribution in [1.29, 1.82) is 0 Å². The first-order valence-electron chi connectivity index (χ1n) is 12.1. The van der Waals surface area contributed by atoms with Crippen molar-refractivity contribution in [3.8, 4) is 11.6 Å². The van der Waals surface area contributed by atoms with Crippen molar-refractivity contribution in [3.63, 3.8) is 0 Å². The number of ether oxygens (including phenoxy) is 2. The first-order valence-corrected chi connectivity index (χ1v) is 13.7. The highest BCUT2D eigenvalue weighted by atomic mass is 35.5. The third-order valence-electron chi connectivity index (χ3n) is 6.61. The molecule has 1 amide bonds. The van der Waals surface area contributed by atoms with Crippen molar-refractivity contribution < 1.29 is 14.3 Å². The van der Waals surface area contributed by atoms with E-state index in [1.54, 1.807) is 19.1 Å². The Hall–Kier alpha value is -2.73. The second-order valence-corrected chi connectivity index (χ2v) is 10.5. The SMILES string of the molecule is C=CC(=O)Nc1cc(Nc2ncc(Cl)c(OC3CN(SC)C3)n2)c(OC)cc1N1CCC(N(C)C)CC1. The molecule has 2 fully saturated rings. The van der Waals surface area contributed by atoms with E-state index in [9.17, 15) is 4.79 Å². The van der Waals surface area contributed by atoms with Crippen LogP contribution in [0.1, 0.15) is 12.8 Å². The number of hydrogen-bond acceptors (Lipinski definition) is 10. The number of benzene rings is 1. The summed E-state index contributed by atoms with van der Waals surface area (Å²) in [6, 6.07) is 4.29. The van der Waals surface area contributed by atoms with Gasteiger partial charge >= 0.3 is 0 Å². The number of halogens is 1. The van der Waals surface area contributed by atoms with Crippen LogP contribution in [0.5, 0.6) is 11.6 Å². The van der Waals surface area contributed by atoms with Crippen LogP contribution in [-0.2, 0) is 4.79 Å². The van der Waals surface area contributed by atoms with Crippen molar-refractivity contribution in [2.24, 2.45) is 0 Å². The van der Waals surface area contributed by atoms with Crippen LogP contribution >= 0.6 is 23.5 Å². The van der Waals surface area contributed by atoms with Crippen molar-refractivity contribution >= 4 is 52.5 Å². The fourth-order valence-corrected chi connectivity index (χ4v) is 5.17. The molecule has 2 aliphatic rings. The smallest absolute Gasteiger partial charge is 0.247 e. The summed E-state index contributed by atoms with van der Waals surface area (Å²) in [7, 11) is 5.83. The van der Waals surface area contributed by atoms with Gasteiger partial charge in [-0.3, -0.25) is 4.79 Å². The molecule has 37 heavy (non-hydrogen) atoms. The number of hydrogen-bond donors (Lipinski definition) is 2. The summed E-state index contributed by atoms with van der Waals surface area (Å²) in [6.07, 6.45) is 6.88. The topological polar surface area (TPSA) is 95.1 Å². The highest BCUT2D eigenvalue weighted by Gasteiger charge is 2.29. The summed E-state index contributed by atoms with van der Waals surface area (Å²) in [6.45, 7) is 6.93. The lowest BCUT2D eigenvalue weighted by Gasteiger charge is -2.37. The molecule has 3 heterocycles. The lowest BCUT2D eigenvalue weighted by atomic mass is 10.0. The second-order valence-electron chi connectivity index (χ2n) is 9.19. The fourth-order valence-electron chi connectivity index (χ4n) is 4.40. The van der Waals surface area contributed by atoms with Gasteiger partial charge in [0.1, 0.15) is 16.9 Å². The van der Waals surface area contributed by atoms with Crippen LogP contribution in [-0.4, -0.2) is 90.9 Å². The highest BCUT2D eigenvalue weighted by molar-refractivity contribution is 7.96. The molecule has 0 bridgehead atoms. The van der Waals surface area contributed by atoms with Crippen molar-refractivity contribution in [3.05, 3.63) is 36.0 Å². The number of methoxy groups -OCH3 is 1. The number of aromatic nitrogens is 2. The van der Waals surface area contributed by atoms with Gasteiger partial charge in [-0.05, 0) is 45.3 Å².